The quantitative estimate of drug-likeness (QED) is 0.570. The van der Waals surface area contributed by atoms with Crippen LogP contribution in [0.4, 0.5) is 0 Å². The van der Waals surface area contributed by atoms with Crippen molar-refractivity contribution >= 4 is 0 Å². The fraction of sp³-hybridized carbons (Fsp3) is 1.00. The summed E-state index contributed by atoms with van der Waals surface area (Å²) in [4.78, 5) is 0. The second-order valence-corrected chi connectivity index (χ2v) is 6.46. The fourth-order valence-electron chi connectivity index (χ4n) is 4.27. The van der Waals surface area contributed by atoms with Crippen molar-refractivity contribution in [1.82, 2.24) is 0 Å². The maximum absolute atomic E-state index is 2.55. The Bertz CT molecular complexity index is 214. The molecule has 0 aromatic heterocycles. The van der Waals surface area contributed by atoms with E-state index in [9.17, 15) is 0 Å². The van der Waals surface area contributed by atoms with Crippen molar-refractivity contribution in [3.8, 4) is 0 Å². The Hall–Kier alpha value is 0. The SMILES string of the molecule is CC(C)[C@@H]1C[C@@H]2CC[C@]1(C)C2(C)C. The van der Waals surface area contributed by atoms with Crippen molar-refractivity contribution in [1.29, 1.82) is 0 Å². The highest BCUT2D eigenvalue weighted by Gasteiger charge is 2.61. The zero-order valence-corrected chi connectivity index (χ0v) is 9.85. The van der Waals surface area contributed by atoms with Gasteiger partial charge in [-0.2, -0.15) is 0 Å². The molecule has 0 amide bonds. The van der Waals surface area contributed by atoms with E-state index in [2.05, 4.69) is 34.6 Å². The van der Waals surface area contributed by atoms with Gasteiger partial charge in [0.05, 0.1) is 0 Å². The summed E-state index contributed by atoms with van der Waals surface area (Å²) in [6.07, 6.45) is 4.47. The van der Waals surface area contributed by atoms with E-state index >= 15 is 0 Å². The van der Waals surface area contributed by atoms with Crippen LogP contribution in [-0.2, 0) is 0 Å². The second-order valence-electron chi connectivity index (χ2n) is 6.46. The summed E-state index contributed by atoms with van der Waals surface area (Å²) in [5.41, 5.74) is 1.26. The molecule has 0 aliphatic heterocycles. The second kappa shape index (κ2) is 2.52. The molecule has 3 atom stereocenters. The van der Waals surface area contributed by atoms with E-state index < -0.39 is 0 Å². The summed E-state index contributed by atoms with van der Waals surface area (Å²) in [6, 6.07) is 0. The van der Waals surface area contributed by atoms with Crippen LogP contribution in [0.2, 0.25) is 0 Å². The first-order valence-electron chi connectivity index (χ1n) is 5.89. The molecule has 2 fully saturated rings. The maximum Gasteiger partial charge on any atom is -0.0241 e. The van der Waals surface area contributed by atoms with Gasteiger partial charge in [-0.05, 0) is 47.8 Å². The van der Waals surface area contributed by atoms with E-state index in [1.54, 1.807) is 0 Å². The summed E-state index contributed by atoms with van der Waals surface area (Å²) in [5, 5.41) is 0. The molecule has 76 valence electrons. The molecule has 13 heavy (non-hydrogen) atoms. The van der Waals surface area contributed by atoms with E-state index in [1.165, 1.54) is 19.3 Å². The molecule has 2 bridgehead atoms. The van der Waals surface area contributed by atoms with Crippen LogP contribution >= 0.6 is 0 Å². The fourth-order valence-corrected chi connectivity index (χ4v) is 4.27. The molecular formula is C13H24. The molecule has 0 heterocycles. The number of hydrogen-bond acceptors (Lipinski definition) is 0. The van der Waals surface area contributed by atoms with Gasteiger partial charge >= 0.3 is 0 Å². The molecule has 0 saturated heterocycles. The van der Waals surface area contributed by atoms with Gasteiger partial charge in [-0.15, -0.1) is 0 Å². The normalized spacial score (nSPS) is 47.5. The van der Waals surface area contributed by atoms with Crippen molar-refractivity contribution in [2.24, 2.45) is 28.6 Å². The van der Waals surface area contributed by atoms with Crippen LogP contribution in [0.3, 0.4) is 0 Å². The van der Waals surface area contributed by atoms with E-state index in [-0.39, 0.29) is 0 Å². The Kier molecular flexibility index (Phi) is 1.85. The number of hydrogen-bond donors (Lipinski definition) is 0. The Labute approximate surface area is 83.1 Å². The highest BCUT2D eigenvalue weighted by Crippen LogP contribution is 2.69. The highest BCUT2D eigenvalue weighted by molar-refractivity contribution is 5.10. The summed E-state index contributed by atoms with van der Waals surface area (Å²) >= 11 is 0. The Balaban J connectivity index is 2.33. The largest absolute Gasteiger partial charge is 0.0625 e. The molecule has 0 spiro atoms. The minimum atomic E-state index is 0.613. The van der Waals surface area contributed by atoms with Crippen molar-refractivity contribution in [2.75, 3.05) is 0 Å². The van der Waals surface area contributed by atoms with Crippen LogP contribution in [0.15, 0.2) is 0 Å². The van der Waals surface area contributed by atoms with Crippen LogP contribution in [0.25, 0.3) is 0 Å². The van der Waals surface area contributed by atoms with Crippen LogP contribution in [0.5, 0.6) is 0 Å². The smallest absolute Gasteiger partial charge is 0.0241 e. The van der Waals surface area contributed by atoms with Crippen molar-refractivity contribution in [2.45, 2.75) is 53.9 Å². The molecule has 0 aromatic rings. The maximum atomic E-state index is 2.55. The zero-order valence-electron chi connectivity index (χ0n) is 9.85. The van der Waals surface area contributed by atoms with Crippen LogP contribution < -0.4 is 0 Å². The lowest BCUT2D eigenvalue weighted by molar-refractivity contribution is 0.0766. The standard InChI is InChI=1S/C13H24/c1-9(2)11-8-10-6-7-13(11,5)12(10,3)4/h9-11H,6-8H2,1-5H3/t10-,11-,13-/m0/s1. The first-order valence-corrected chi connectivity index (χ1v) is 5.89. The molecule has 2 rings (SSSR count). The Morgan fingerprint density at radius 1 is 1.15 bits per heavy atom. The van der Waals surface area contributed by atoms with Crippen molar-refractivity contribution < 1.29 is 0 Å². The number of fused-ring (bicyclic) bond motifs is 2. The molecule has 0 radical (unpaired) electrons. The summed E-state index contributed by atoms with van der Waals surface area (Å²) < 4.78 is 0. The van der Waals surface area contributed by atoms with Gasteiger partial charge in [0.25, 0.3) is 0 Å². The first kappa shape index (κ1) is 9.55. The first-order chi connectivity index (χ1) is 5.89. The van der Waals surface area contributed by atoms with Crippen LogP contribution in [0, 0.1) is 28.6 Å². The third kappa shape index (κ3) is 0.980. The van der Waals surface area contributed by atoms with E-state index in [1.807, 2.05) is 0 Å². The van der Waals surface area contributed by atoms with Gasteiger partial charge in [-0.3, -0.25) is 0 Å². The third-order valence-corrected chi connectivity index (χ3v) is 5.67. The minimum Gasteiger partial charge on any atom is -0.0625 e. The molecule has 0 N–H and O–H groups in total. The molecule has 0 nitrogen and oxygen atoms in total. The average molecular weight is 180 g/mol. The lowest BCUT2D eigenvalue weighted by Gasteiger charge is -2.41. The molecule has 2 saturated carbocycles. The summed E-state index contributed by atoms with van der Waals surface area (Å²) in [6.45, 7) is 12.4. The van der Waals surface area contributed by atoms with Gasteiger partial charge < -0.3 is 0 Å². The van der Waals surface area contributed by atoms with E-state index in [4.69, 9.17) is 0 Å². The van der Waals surface area contributed by atoms with E-state index in [0.29, 0.717) is 10.8 Å². The Morgan fingerprint density at radius 2 is 1.77 bits per heavy atom. The van der Waals surface area contributed by atoms with Gasteiger partial charge in [0.2, 0.25) is 0 Å². The predicted octanol–water partition coefficient (Wildman–Crippen LogP) is 4.10. The molecule has 0 unspecified atom stereocenters. The van der Waals surface area contributed by atoms with Crippen molar-refractivity contribution in [3.63, 3.8) is 0 Å². The van der Waals surface area contributed by atoms with Gasteiger partial charge in [0.1, 0.15) is 0 Å². The topological polar surface area (TPSA) is 0 Å². The Morgan fingerprint density at radius 3 is 2.00 bits per heavy atom. The molecular weight excluding hydrogens is 156 g/mol. The van der Waals surface area contributed by atoms with Gasteiger partial charge in [-0.25, -0.2) is 0 Å². The lowest BCUT2D eigenvalue weighted by Crippen LogP contribution is -2.34. The van der Waals surface area contributed by atoms with Gasteiger partial charge in [0.15, 0.2) is 0 Å². The van der Waals surface area contributed by atoms with Crippen LogP contribution in [-0.4, -0.2) is 0 Å². The minimum absolute atomic E-state index is 0.613. The van der Waals surface area contributed by atoms with Gasteiger partial charge in [0, 0.05) is 0 Å². The molecule has 0 heteroatoms. The predicted molar refractivity (Wildman–Crippen MR) is 57.6 cm³/mol. The molecule has 0 aromatic carbocycles. The monoisotopic (exact) mass is 180 g/mol. The zero-order chi connectivity index (χ0) is 9.85. The van der Waals surface area contributed by atoms with E-state index in [0.717, 1.165) is 17.8 Å². The highest BCUT2D eigenvalue weighted by atomic mass is 14.7. The average Bonchev–Trinajstić information content (AvgIpc) is 2.34. The molecule has 2 aliphatic carbocycles. The van der Waals surface area contributed by atoms with Crippen molar-refractivity contribution in [3.05, 3.63) is 0 Å². The summed E-state index contributed by atoms with van der Waals surface area (Å²) in [5.74, 6) is 2.89. The molecule has 2 aliphatic rings. The number of rotatable bonds is 1. The van der Waals surface area contributed by atoms with Gasteiger partial charge in [-0.1, -0.05) is 34.6 Å². The third-order valence-electron chi connectivity index (χ3n) is 5.67. The van der Waals surface area contributed by atoms with Crippen LogP contribution in [0.1, 0.15) is 53.9 Å². The summed E-state index contributed by atoms with van der Waals surface area (Å²) in [7, 11) is 0. The lowest BCUT2D eigenvalue weighted by atomic mass is 9.64.